The molecule has 4 unspecified atom stereocenters. The lowest BCUT2D eigenvalue weighted by molar-refractivity contribution is -0.250. The molecule has 1 saturated heterocycles. The molecule has 290 valence electrons. The van der Waals surface area contributed by atoms with Gasteiger partial charge in [0.15, 0.2) is 0 Å². The summed E-state index contributed by atoms with van der Waals surface area (Å²) in [5.41, 5.74) is 1.22. The first-order valence-electron chi connectivity index (χ1n) is 20.8. The van der Waals surface area contributed by atoms with Crippen molar-refractivity contribution in [2.24, 2.45) is 62.1 Å². The Kier molecular flexibility index (Phi) is 11.4. The molecule has 0 aromatic rings. The van der Waals surface area contributed by atoms with Gasteiger partial charge in [-0.1, -0.05) is 74.5 Å². The van der Waals surface area contributed by atoms with Crippen LogP contribution in [0.25, 0.3) is 0 Å². The van der Waals surface area contributed by atoms with Gasteiger partial charge in [0.1, 0.15) is 6.10 Å². The number of nitrogens with one attached hydrogen (secondary N) is 2. The van der Waals surface area contributed by atoms with E-state index in [1.165, 1.54) is 37.7 Å². The highest BCUT2D eigenvalue weighted by Crippen LogP contribution is 2.78. The number of esters is 1. The number of carboxylic acid groups (broad SMARTS) is 1. The third kappa shape index (κ3) is 6.97. The van der Waals surface area contributed by atoms with Crippen LogP contribution in [0.4, 0.5) is 0 Å². The third-order valence-electron chi connectivity index (χ3n) is 16.6. The Morgan fingerprint density at radius 3 is 2.20 bits per heavy atom. The Bertz CT molecular complexity index is 1330. The second-order valence-corrected chi connectivity index (χ2v) is 20.2. The molecule has 7 heteroatoms. The van der Waals surface area contributed by atoms with Crippen LogP contribution in [0, 0.1) is 62.1 Å². The number of carboxylic acids is 1. The molecule has 5 aliphatic carbocycles. The van der Waals surface area contributed by atoms with E-state index in [-0.39, 0.29) is 63.9 Å². The monoisotopic (exact) mass is 711 g/mol. The Morgan fingerprint density at radius 1 is 0.863 bits per heavy atom. The van der Waals surface area contributed by atoms with Gasteiger partial charge in [-0.15, -0.1) is 0 Å². The van der Waals surface area contributed by atoms with Crippen molar-refractivity contribution in [2.75, 3.05) is 13.1 Å². The van der Waals surface area contributed by atoms with E-state index in [2.05, 4.69) is 58.8 Å². The van der Waals surface area contributed by atoms with Gasteiger partial charge in [-0.2, -0.15) is 0 Å². The van der Waals surface area contributed by atoms with Crippen LogP contribution in [-0.2, 0) is 19.1 Å². The van der Waals surface area contributed by atoms with Gasteiger partial charge in [-0.05, 0) is 141 Å². The lowest BCUT2D eigenvalue weighted by atomic mass is 9.32. The van der Waals surface area contributed by atoms with Crippen LogP contribution in [0.2, 0.25) is 0 Å². The first-order valence-corrected chi connectivity index (χ1v) is 20.8. The molecular formula is C44H74N2O5. The number of rotatable bonds is 9. The SMILES string of the molecule is C=C(C)[C@@H]1CC[C@]2(CC(=O)N[C@@H]3CCNC3)CC[C@]3(C)[C@H](CCC4[C@@]5(C)CCC(OC(=O)CC(C)(C)CC(=O)O)C(C)(C)C5CC[C@]43C)C12.CC. The first-order chi connectivity index (χ1) is 23.8. The van der Waals surface area contributed by atoms with Crippen LogP contribution in [0.3, 0.4) is 0 Å². The average Bonchev–Trinajstić information content (AvgIpc) is 3.67. The fraction of sp³-hybridized carbons (Fsp3) is 0.886. The van der Waals surface area contributed by atoms with Crippen molar-refractivity contribution in [1.29, 1.82) is 0 Å². The minimum Gasteiger partial charge on any atom is -0.481 e. The normalized spacial score (nSPS) is 42.5. The molecule has 0 aromatic carbocycles. The number of fused-ring (bicyclic) bond motifs is 7. The van der Waals surface area contributed by atoms with E-state index in [0.29, 0.717) is 36.0 Å². The molecule has 6 rings (SSSR count). The van der Waals surface area contributed by atoms with Crippen molar-refractivity contribution in [1.82, 2.24) is 10.6 Å². The van der Waals surface area contributed by atoms with Crippen LogP contribution < -0.4 is 10.6 Å². The van der Waals surface area contributed by atoms with Crippen LogP contribution >= 0.6 is 0 Å². The smallest absolute Gasteiger partial charge is 0.306 e. The van der Waals surface area contributed by atoms with Gasteiger partial charge >= 0.3 is 11.9 Å². The van der Waals surface area contributed by atoms with E-state index in [1.54, 1.807) is 0 Å². The van der Waals surface area contributed by atoms with Gasteiger partial charge < -0.3 is 20.5 Å². The predicted octanol–water partition coefficient (Wildman–Crippen LogP) is 9.34. The van der Waals surface area contributed by atoms with Crippen molar-refractivity contribution < 1.29 is 24.2 Å². The summed E-state index contributed by atoms with van der Waals surface area (Å²) in [6, 6.07) is 0.270. The lowest BCUT2D eigenvalue weighted by Crippen LogP contribution is -2.67. The molecule has 0 radical (unpaired) electrons. The van der Waals surface area contributed by atoms with Crippen LogP contribution in [0.5, 0.6) is 0 Å². The molecule has 1 aliphatic heterocycles. The Morgan fingerprint density at radius 2 is 1.57 bits per heavy atom. The zero-order valence-electron chi connectivity index (χ0n) is 34.1. The summed E-state index contributed by atoms with van der Waals surface area (Å²) in [6.07, 6.45) is 13.1. The van der Waals surface area contributed by atoms with E-state index in [4.69, 9.17) is 4.74 Å². The number of carbonyl (C=O) groups excluding carboxylic acids is 2. The van der Waals surface area contributed by atoms with Crippen molar-refractivity contribution in [2.45, 2.75) is 171 Å². The first kappa shape index (κ1) is 40.3. The number of amides is 1. The average molecular weight is 711 g/mol. The van der Waals surface area contributed by atoms with E-state index in [0.717, 1.165) is 51.6 Å². The summed E-state index contributed by atoms with van der Waals surface area (Å²) in [7, 11) is 0. The Balaban J connectivity index is 0.00000248. The van der Waals surface area contributed by atoms with E-state index in [9.17, 15) is 19.5 Å². The number of allylic oxidation sites excluding steroid dienone is 1. The topological polar surface area (TPSA) is 105 Å². The molecule has 5 saturated carbocycles. The lowest BCUT2D eigenvalue weighted by Gasteiger charge is -2.73. The van der Waals surface area contributed by atoms with E-state index < -0.39 is 11.4 Å². The quantitative estimate of drug-likeness (QED) is 0.163. The number of hydrogen-bond donors (Lipinski definition) is 3. The molecule has 0 bridgehead atoms. The van der Waals surface area contributed by atoms with Crippen LogP contribution in [0.15, 0.2) is 12.2 Å². The van der Waals surface area contributed by atoms with Gasteiger partial charge in [-0.3, -0.25) is 14.4 Å². The fourth-order valence-electron chi connectivity index (χ4n) is 14.2. The Labute approximate surface area is 310 Å². The van der Waals surface area contributed by atoms with Gasteiger partial charge in [0.25, 0.3) is 0 Å². The second-order valence-electron chi connectivity index (χ2n) is 20.2. The maximum atomic E-state index is 13.7. The molecule has 6 aliphatic rings. The highest BCUT2D eigenvalue weighted by atomic mass is 16.5. The van der Waals surface area contributed by atoms with Gasteiger partial charge in [0, 0.05) is 24.4 Å². The molecule has 7 nitrogen and oxygen atoms in total. The summed E-state index contributed by atoms with van der Waals surface area (Å²) in [5.74, 6) is 1.83. The van der Waals surface area contributed by atoms with E-state index in [1.807, 2.05) is 27.7 Å². The van der Waals surface area contributed by atoms with Crippen LogP contribution in [0.1, 0.15) is 159 Å². The van der Waals surface area contributed by atoms with Crippen molar-refractivity contribution in [3.63, 3.8) is 0 Å². The van der Waals surface area contributed by atoms with E-state index >= 15 is 0 Å². The van der Waals surface area contributed by atoms with Crippen molar-refractivity contribution in [3.8, 4) is 0 Å². The minimum atomic E-state index is -0.880. The fourth-order valence-corrected chi connectivity index (χ4v) is 14.2. The summed E-state index contributed by atoms with van der Waals surface area (Å²) < 4.78 is 6.27. The standard InChI is InChI=1S/C42H68N2O5.C2H6/c1-26(2)28-12-18-42(22-33(45)44-27-15-21-43-25-27)20-19-40(8)29(36(28)42)10-11-31-39(7)16-14-32(38(5,6)30(39)13-17-41(31,40)9)49-35(48)24-37(3,4)23-34(46)47;1-2/h27-32,36,43H,1,10-25H2,2-9H3,(H,44,45)(H,46,47);1-2H3/t27-,28+,29-,30?,31?,32?,36?,39+,40-,41-,42-;/m1./s1. The van der Waals surface area contributed by atoms with Crippen molar-refractivity contribution in [3.05, 3.63) is 12.2 Å². The summed E-state index contributed by atoms with van der Waals surface area (Å²) >= 11 is 0. The zero-order chi connectivity index (χ0) is 37.8. The number of ether oxygens (including phenoxy) is 1. The number of aliphatic carboxylic acids is 1. The zero-order valence-corrected chi connectivity index (χ0v) is 34.1. The molecular weight excluding hydrogens is 636 g/mol. The van der Waals surface area contributed by atoms with Gasteiger partial charge in [0.2, 0.25) is 5.91 Å². The molecule has 0 aromatic heterocycles. The predicted molar refractivity (Wildman–Crippen MR) is 205 cm³/mol. The highest BCUT2D eigenvalue weighted by molar-refractivity contribution is 5.77. The third-order valence-corrected chi connectivity index (χ3v) is 16.6. The number of carbonyl (C=O) groups is 3. The maximum absolute atomic E-state index is 13.7. The molecule has 1 amide bonds. The van der Waals surface area contributed by atoms with Gasteiger partial charge in [-0.25, -0.2) is 0 Å². The summed E-state index contributed by atoms with van der Waals surface area (Å²) in [5, 5.41) is 16.1. The second kappa shape index (κ2) is 14.4. The van der Waals surface area contributed by atoms with Crippen molar-refractivity contribution >= 4 is 17.8 Å². The van der Waals surface area contributed by atoms with Gasteiger partial charge in [0.05, 0.1) is 12.8 Å². The van der Waals surface area contributed by atoms with Crippen LogP contribution in [-0.4, -0.2) is 48.2 Å². The minimum absolute atomic E-state index is 0.0443. The molecule has 1 heterocycles. The molecule has 0 spiro atoms. The highest BCUT2D eigenvalue weighted by Gasteiger charge is 2.71. The largest absolute Gasteiger partial charge is 0.481 e. The summed E-state index contributed by atoms with van der Waals surface area (Å²) in [6.45, 7) is 28.9. The maximum Gasteiger partial charge on any atom is 0.306 e. The Hall–Kier alpha value is -1.89. The molecule has 51 heavy (non-hydrogen) atoms. The number of hydrogen-bond acceptors (Lipinski definition) is 5. The summed E-state index contributed by atoms with van der Waals surface area (Å²) in [4.78, 5) is 38.2. The molecule has 6 fully saturated rings. The molecule has 11 atom stereocenters. The molecule has 3 N–H and O–H groups in total.